The fraction of sp³-hybridized carbons (Fsp3) is 0.280. The van der Waals surface area contributed by atoms with E-state index in [2.05, 4.69) is 9.69 Å². The topological polar surface area (TPSA) is 141 Å². The average molecular weight is 582 g/mol. The summed E-state index contributed by atoms with van der Waals surface area (Å²) in [7, 11) is 0. The predicted octanol–water partition coefficient (Wildman–Crippen LogP) is 4.18. The number of nitrogens with zero attached hydrogens (tertiary/aromatic N) is 2. The van der Waals surface area contributed by atoms with Crippen LogP contribution in [0.4, 0.5) is 24.5 Å². The minimum atomic E-state index is -4.73. The third-order valence-corrected chi connectivity index (χ3v) is 7.15. The van der Waals surface area contributed by atoms with Gasteiger partial charge in [0, 0.05) is 23.9 Å². The number of nitrogen functional groups attached to an aromatic ring is 1. The van der Waals surface area contributed by atoms with E-state index < -0.39 is 35.5 Å². The molecular weight excluding hydrogens is 559 g/mol. The van der Waals surface area contributed by atoms with Crippen molar-refractivity contribution in [2.75, 3.05) is 23.8 Å². The number of carbonyl (C=O) groups is 3. The second-order valence-electron chi connectivity index (χ2n) is 8.70. The molecule has 39 heavy (non-hydrogen) atoms. The molecule has 0 bridgehead atoms. The fourth-order valence-corrected chi connectivity index (χ4v) is 5.00. The van der Waals surface area contributed by atoms with Crippen molar-refractivity contribution < 1.29 is 32.3 Å². The Hall–Kier alpha value is -3.68. The summed E-state index contributed by atoms with van der Waals surface area (Å²) in [6, 6.07) is 8.44. The van der Waals surface area contributed by atoms with Gasteiger partial charge in [-0.25, -0.2) is 0 Å². The number of benzene rings is 2. The van der Waals surface area contributed by atoms with Gasteiger partial charge in [0.1, 0.15) is 10.9 Å². The summed E-state index contributed by atoms with van der Waals surface area (Å²) in [6.45, 7) is 0.672. The Morgan fingerprint density at radius 2 is 1.92 bits per heavy atom. The molecule has 0 saturated carbocycles. The molecule has 2 aromatic carbocycles. The normalized spacial score (nSPS) is 16.1. The number of hydrogen-bond acceptors (Lipinski definition) is 7. The van der Waals surface area contributed by atoms with Crippen molar-refractivity contribution in [3.63, 3.8) is 0 Å². The second-order valence-corrected chi connectivity index (χ2v) is 9.91. The Kier molecular flexibility index (Phi) is 8.42. The Morgan fingerprint density at radius 3 is 2.51 bits per heavy atom. The summed E-state index contributed by atoms with van der Waals surface area (Å²) in [5.74, 6) is -2.63. The number of hydrogen-bond donors (Lipinski definition) is 3. The molecule has 9 nitrogen and oxygen atoms in total. The van der Waals surface area contributed by atoms with Gasteiger partial charge >= 0.3 is 6.18 Å². The van der Waals surface area contributed by atoms with Gasteiger partial charge in [0.15, 0.2) is 5.69 Å². The highest BCUT2D eigenvalue weighted by atomic mass is 35.5. The number of carbonyl (C=O) groups excluding carboxylic acids is 3. The van der Waals surface area contributed by atoms with Crippen molar-refractivity contribution in [2.45, 2.75) is 31.2 Å². The third-order valence-electron chi connectivity index (χ3n) is 6.05. The molecule has 1 aliphatic heterocycles. The molecular formula is C25H23ClF3N5O4S. The minimum Gasteiger partial charge on any atom is -0.395 e. The molecule has 3 amide bonds. The molecule has 14 heteroatoms. The number of anilines is 2. The molecule has 206 valence electrons. The standard InChI is InChI=1S/C25H23ClF3N5O4S/c26-15-8-6-13(7-9-15)20(23(36)32-12-17-5-2-10-38-17)34(16-4-1-3-14(11-16)25(27,28)29)24(37)21-18(30)19(22(31)35)33-39-21/h1,3-4,6-9,11,17,20H,2,5,10,12,30H2,(H2,31,35)(H,32,36)/t17-,20+/m0/s1. The van der Waals surface area contributed by atoms with Gasteiger partial charge in [-0.15, -0.1) is 0 Å². The first-order chi connectivity index (χ1) is 18.5. The largest absolute Gasteiger partial charge is 0.416 e. The SMILES string of the molecule is NC(=O)c1nsc(C(=O)N(c2cccc(C(F)(F)F)c2)[C@@H](C(=O)NC[C@@H]2CCCO2)c2ccc(Cl)cc2)c1N. The number of amides is 3. The van der Waals surface area contributed by atoms with Crippen LogP contribution in [-0.2, 0) is 15.7 Å². The highest BCUT2D eigenvalue weighted by molar-refractivity contribution is 7.09. The molecule has 2 heterocycles. The molecule has 0 radical (unpaired) electrons. The maximum atomic E-state index is 14.0. The van der Waals surface area contributed by atoms with Crippen molar-refractivity contribution in [1.29, 1.82) is 0 Å². The van der Waals surface area contributed by atoms with Crippen LogP contribution >= 0.6 is 23.1 Å². The molecule has 1 fully saturated rings. The molecule has 0 spiro atoms. The summed E-state index contributed by atoms with van der Waals surface area (Å²) in [5, 5.41) is 3.09. The van der Waals surface area contributed by atoms with E-state index in [0.29, 0.717) is 23.2 Å². The minimum absolute atomic E-state index is 0.127. The lowest BCUT2D eigenvalue weighted by Crippen LogP contribution is -2.45. The summed E-state index contributed by atoms with van der Waals surface area (Å²) in [6.07, 6.45) is -3.43. The predicted molar refractivity (Wildman–Crippen MR) is 139 cm³/mol. The maximum absolute atomic E-state index is 14.0. The first kappa shape index (κ1) is 28.3. The lowest BCUT2D eigenvalue weighted by molar-refractivity contribution is -0.137. The van der Waals surface area contributed by atoms with Crippen LogP contribution in [0.25, 0.3) is 0 Å². The molecule has 3 aromatic rings. The van der Waals surface area contributed by atoms with Gasteiger partial charge in [-0.05, 0) is 60.3 Å². The van der Waals surface area contributed by atoms with E-state index in [-0.39, 0.29) is 40.2 Å². The number of nitrogens with two attached hydrogens (primary N) is 2. The molecule has 0 unspecified atom stereocenters. The van der Waals surface area contributed by atoms with Gasteiger partial charge < -0.3 is 21.5 Å². The van der Waals surface area contributed by atoms with Gasteiger partial charge in [-0.3, -0.25) is 19.3 Å². The van der Waals surface area contributed by atoms with Crippen molar-refractivity contribution in [3.05, 3.63) is 75.3 Å². The average Bonchev–Trinajstić information content (AvgIpc) is 3.55. The Morgan fingerprint density at radius 1 is 1.21 bits per heavy atom. The van der Waals surface area contributed by atoms with Crippen LogP contribution < -0.4 is 21.7 Å². The summed E-state index contributed by atoms with van der Waals surface area (Å²) in [5.41, 5.74) is 9.54. The number of aromatic nitrogens is 1. The van der Waals surface area contributed by atoms with E-state index in [9.17, 15) is 27.6 Å². The Bertz CT molecular complexity index is 1380. The molecule has 5 N–H and O–H groups in total. The monoisotopic (exact) mass is 581 g/mol. The Labute approximate surface area is 230 Å². The number of halogens is 4. The lowest BCUT2D eigenvalue weighted by Gasteiger charge is -2.32. The number of primary amides is 1. The molecule has 0 aliphatic carbocycles. The van der Waals surface area contributed by atoms with Crippen molar-refractivity contribution in [1.82, 2.24) is 9.69 Å². The molecule has 1 aromatic heterocycles. The van der Waals surface area contributed by atoms with Gasteiger partial charge in [0.25, 0.3) is 11.8 Å². The summed E-state index contributed by atoms with van der Waals surface area (Å²) >= 11 is 6.58. The fourth-order valence-electron chi connectivity index (χ4n) is 4.13. The highest BCUT2D eigenvalue weighted by Gasteiger charge is 2.38. The van der Waals surface area contributed by atoms with E-state index in [4.69, 9.17) is 27.8 Å². The van der Waals surface area contributed by atoms with E-state index in [1.54, 1.807) is 0 Å². The highest BCUT2D eigenvalue weighted by Crippen LogP contribution is 2.37. The zero-order chi connectivity index (χ0) is 28.3. The van der Waals surface area contributed by atoms with Crippen LogP contribution in [-0.4, -0.2) is 41.4 Å². The Balaban J connectivity index is 1.86. The van der Waals surface area contributed by atoms with E-state index in [0.717, 1.165) is 35.9 Å². The first-order valence-corrected chi connectivity index (χ1v) is 12.8. The number of alkyl halides is 3. The van der Waals surface area contributed by atoms with E-state index in [1.807, 2.05) is 0 Å². The molecule has 2 atom stereocenters. The van der Waals surface area contributed by atoms with Gasteiger partial charge in [-0.2, -0.15) is 17.5 Å². The van der Waals surface area contributed by atoms with Gasteiger partial charge in [0.05, 0.1) is 17.4 Å². The van der Waals surface area contributed by atoms with Gasteiger partial charge in [0.2, 0.25) is 5.91 Å². The molecule has 1 saturated heterocycles. The smallest absolute Gasteiger partial charge is 0.395 e. The zero-order valence-electron chi connectivity index (χ0n) is 20.2. The lowest BCUT2D eigenvalue weighted by atomic mass is 10.0. The second kappa shape index (κ2) is 11.6. The van der Waals surface area contributed by atoms with Crippen LogP contribution in [0, 0.1) is 0 Å². The quantitative estimate of drug-likeness (QED) is 0.364. The van der Waals surface area contributed by atoms with E-state index in [1.165, 1.54) is 30.3 Å². The first-order valence-electron chi connectivity index (χ1n) is 11.7. The number of rotatable bonds is 8. The van der Waals surface area contributed by atoms with Crippen LogP contribution in [0.15, 0.2) is 48.5 Å². The van der Waals surface area contributed by atoms with Crippen LogP contribution in [0.3, 0.4) is 0 Å². The van der Waals surface area contributed by atoms with Crippen LogP contribution in [0.2, 0.25) is 5.02 Å². The maximum Gasteiger partial charge on any atom is 0.416 e. The van der Waals surface area contributed by atoms with Crippen molar-refractivity contribution in [2.24, 2.45) is 5.73 Å². The zero-order valence-corrected chi connectivity index (χ0v) is 21.8. The summed E-state index contributed by atoms with van der Waals surface area (Å²) < 4.78 is 50.3. The van der Waals surface area contributed by atoms with E-state index >= 15 is 0 Å². The van der Waals surface area contributed by atoms with Crippen LogP contribution in [0.5, 0.6) is 0 Å². The van der Waals surface area contributed by atoms with Crippen LogP contribution in [0.1, 0.15) is 50.2 Å². The van der Waals surface area contributed by atoms with Crippen molar-refractivity contribution in [3.8, 4) is 0 Å². The third kappa shape index (κ3) is 6.32. The number of ether oxygens (including phenoxy) is 1. The summed E-state index contributed by atoms with van der Waals surface area (Å²) in [4.78, 5) is 40.0. The van der Waals surface area contributed by atoms with Gasteiger partial charge in [-0.1, -0.05) is 29.8 Å². The van der Waals surface area contributed by atoms with Crippen molar-refractivity contribution >= 4 is 52.2 Å². The molecule has 1 aliphatic rings. The number of nitrogens with one attached hydrogen (secondary N) is 1. The molecule has 4 rings (SSSR count).